The van der Waals surface area contributed by atoms with Crippen molar-refractivity contribution in [2.24, 2.45) is 5.73 Å². The third-order valence-electron chi connectivity index (χ3n) is 3.39. The van der Waals surface area contributed by atoms with Gasteiger partial charge in [-0.15, -0.1) is 0 Å². The first-order chi connectivity index (χ1) is 9.38. The van der Waals surface area contributed by atoms with Gasteiger partial charge < -0.3 is 20.5 Å². The highest BCUT2D eigenvalue weighted by atomic mass is 19.2. The first-order valence-electron chi connectivity index (χ1n) is 6.58. The second-order valence-electron chi connectivity index (χ2n) is 5.64. The van der Waals surface area contributed by atoms with Crippen LogP contribution in [0.25, 0.3) is 0 Å². The van der Waals surface area contributed by atoms with Crippen LogP contribution in [-0.4, -0.2) is 36.5 Å². The molecule has 0 radical (unpaired) electrons. The second-order valence-corrected chi connectivity index (χ2v) is 5.64. The van der Waals surface area contributed by atoms with Crippen molar-refractivity contribution in [2.45, 2.75) is 32.1 Å². The number of aliphatic hydroxyl groups excluding tert-OH is 1. The Balaban J connectivity index is 2.33. The van der Waals surface area contributed by atoms with Gasteiger partial charge in [-0.3, -0.25) is 0 Å². The molecule has 1 atom stereocenters. The van der Waals surface area contributed by atoms with E-state index in [1.807, 2.05) is 13.8 Å². The van der Waals surface area contributed by atoms with Crippen LogP contribution in [0.15, 0.2) is 12.1 Å². The Hall–Kier alpha value is -1.24. The first-order valence-corrected chi connectivity index (χ1v) is 6.58. The van der Waals surface area contributed by atoms with Gasteiger partial charge in [0.15, 0.2) is 11.6 Å². The van der Waals surface area contributed by atoms with E-state index in [1.165, 1.54) is 12.1 Å². The molecule has 1 unspecified atom stereocenters. The number of rotatable bonds is 3. The molecule has 20 heavy (non-hydrogen) atoms. The van der Waals surface area contributed by atoms with Crippen LogP contribution in [0.2, 0.25) is 0 Å². The summed E-state index contributed by atoms with van der Waals surface area (Å²) in [6, 6.07) is 3.01. The number of halogens is 2. The Bertz CT molecular complexity index is 494. The zero-order chi connectivity index (χ0) is 14.9. The summed E-state index contributed by atoms with van der Waals surface area (Å²) in [6.45, 7) is 4.23. The molecule has 1 aliphatic rings. The highest BCUT2D eigenvalue weighted by Gasteiger charge is 2.34. The van der Waals surface area contributed by atoms with Crippen LogP contribution in [0.1, 0.15) is 19.4 Å². The Labute approximate surface area is 117 Å². The van der Waals surface area contributed by atoms with Crippen molar-refractivity contribution in [3.63, 3.8) is 0 Å². The second kappa shape index (κ2) is 5.63. The van der Waals surface area contributed by atoms with Gasteiger partial charge in [0.1, 0.15) is 0 Å². The first kappa shape index (κ1) is 15.2. The molecule has 2 rings (SSSR count). The number of benzene rings is 1. The summed E-state index contributed by atoms with van der Waals surface area (Å²) in [5, 5.41) is 9.26. The van der Waals surface area contributed by atoms with Crippen LogP contribution in [0.3, 0.4) is 0 Å². The van der Waals surface area contributed by atoms with Gasteiger partial charge in [0.05, 0.1) is 24.0 Å². The monoisotopic (exact) mass is 286 g/mol. The summed E-state index contributed by atoms with van der Waals surface area (Å²) < 4.78 is 33.6. The normalized spacial score (nSPS) is 22.1. The van der Waals surface area contributed by atoms with Gasteiger partial charge in [-0.25, -0.2) is 8.78 Å². The molecule has 1 aromatic rings. The van der Waals surface area contributed by atoms with E-state index in [2.05, 4.69) is 0 Å². The zero-order valence-electron chi connectivity index (χ0n) is 11.7. The van der Waals surface area contributed by atoms with Crippen LogP contribution in [0.5, 0.6) is 0 Å². The van der Waals surface area contributed by atoms with E-state index in [4.69, 9.17) is 10.5 Å². The molecule has 1 aliphatic heterocycles. The fourth-order valence-electron chi connectivity index (χ4n) is 2.56. The fraction of sp³-hybridized carbons (Fsp3) is 0.571. The summed E-state index contributed by atoms with van der Waals surface area (Å²) in [5.41, 5.74) is 5.15. The molecular formula is C14H20F2N2O2. The van der Waals surface area contributed by atoms with Crippen molar-refractivity contribution in [3.8, 4) is 0 Å². The minimum absolute atomic E-state index is 0.0447. The lowest BCUT2D eigenvalue weighted by molar-refractivity contribution is -0.101. The van der Waals surface area contributed by atoms with Crippen molar-refractivity contribution in [3.05, 3.63) is 29.3 Å². The average molecular weight is 286 g/mol. The SMILES string of the molecule is CC1(C)CN(c2ccc(CN)c(F)c2F)CC(CO)O1. The standard InChI is InChI=1S/C14H20F2N2O2/c1-14(2)8-18(6-10(7-19)20-14)11-4-3-9(5-17)12(15)13(11)16/h3-4,10,19H,5-8,17H2,1-2H3. The van der Waals surface area contributed by atoms with Crippen LogP contribution < -0.4 is 10.6 Å². The number of aliphatic hydroxyl groups is 1. The maximum absolute atomic E-state index is 14.1. The number of nitrogens with two attached hydrogens (primary N) is 1. The quantitative estimate of drug-likeness (QED) is 0.882. The minimum Gasteiger partial charge on any atom is -0.394 e. The summed E-state index contributed by atoms with van der Waals surface area (Å²) in [4.78, 5) is 1.70. The number of morpholine rings is 1. The van der Waals surface area contributed by atoms with Crippen LogP contribution in [0.4, 0.5) is 14.5 Å². The Morgan fingerprint density at radius 2 is 2.10 bits per heavy atom. The number of hydrogen-bond donors (Lipinski definition) is 2. The van der Waals surface area contributed by atoms with Crippen molar-refractivity contribution >= 4 is 5.69 Å². The molecular weight excluding hydrogens is 266 g/mol. The number of anilines is 1. The lowest BCUT2D eigenvalue weighted by atomic mass is 10.0. The van der Waals surface area contributed by atoms with Gasteiger partial charge in [-0.05, 0) is 19.9 Å². The van der Waals surface area contributed by atoms with Crippen LogP contribution in [-0.2, 0) is 11.3 Å². The molecule has 3 N–H and O–H groups in total. The smallest absolute Gasteiger partial charge is 0.182 e. The number of ether oxygens (including phenoxy) is 1. The zero-order valence-corrected chi connectivity index (χ0v) is 11.7. The molecule has 6 heteroatoms. The lowest BCUT2D eigenvalue weighted by Gasteiger charge is -2.43. The third kappa shape index (κ3) is 2.92. The van der Waals surface area contributed by atoms with Crippen LogP contribution in [0, 0.1) is 11.6 Å². The topological polar surface area (TPSA) is 58.7 Å². The average Bonchev–Trinajstić information content (AvgIpc) is 2.39. The largest absolute Gasteiger partial charge is 0.394 e. The lowest BCUT2D eigenvalue weighted by Crippen LogP contribution is -2.54. The molecule has 0 aliphatic carbocycles. The molecule has 0 spiro atoms. The predicted molar refractivity (Wildman–Crippen MR) is 72.5 cm³/mol. The molecule has 0 aromatic heterocycles. The third-order valence-corrected chi connectivity index (χ3v) is 3.39. The number of hydrogen-bond acceptors (Lipinski definition) is 4. The maximum atomic E-state index is 14.1. The van der Waals surface area contributed by atoms with E-state index in [0.29, 0.717) is 13.1 Å². The van der Waals surface area contributed by atoms with E-state index < -0.39 is 23.3 Å². The van der Waals surface area contributed by atoms with Crippen molar-refractivity contribution < 1.29 is 18.6 Å². The summed E-state index contributed by atoms with van der Waals surface area (Å²) >= 11 is 0. The Kier molecular flexibility index (Phi) is 4.27. The fourth-order valence-corrected chi connectivity index (χ4v) is 2.56. The van der Waals surface area contributed by atoms with Gasteiger partial charge in [0, 0.05) is 25.2 Å². The van der Waals surface area contributed by atoms with Gasteiger partial charge >= 0.3 is 0 Å². The number of nitrogens with zero attached hydrogens (tertiary/aromatic N) is 1. The van der Waals surface area contributed by atoms with Gasteiger partial charge in [-0.1, -0.05) is 6.07 Å². The molecule has 4 nitrogen and oxygen atoms in total. The molecule has 0 saturated carbocycles. The highest BCUT2D eigenvalue weighted by molar-refractivity contribution is 5.51. The van der Waals surface area contributed by atoms with Gasteiger partial charge in [-0.2, -0.15) is 0 Å². The van der Waals surface area contributed by atoms with E-state index in [9.17, 15) is 13.9 Å². The van der Waals surface area contributed by atoms with E-state index >= 15 is 0 Å². The van der Waals surface area contributed by atoms with Crippen molar-refractivity contribution in [1.82, 2.24) is 0 Å². The molecule has 0 bridgehead atoms. The van der Waals surface area contributed by atoms with Crippen molar-refractivity contribution in [1.29, 1.82) is 0 Å². The minimum atomic E-state index is -0.908. The predicted octanol–water partition coefficient (Wildman–Crippen LogP) is 1.40. The Morgan fingerprint density at radius 3 is 2.70 bits per heavy atom. The molecule has 1 fully saturated rings. The maximum Gasteiger partial charge on any atom is 0.182 e. The van der Waals surface area contributed by atoms with E-state index in [-0.39, 0.29) is 24.4 Å². The summed E-state index contributed by atoms with van der Waals surface area (Å²) in [5.74, 6) is -1.81. The Morgan fingerprint density at radius 1 is 1.40 bits per heavy atom. The van der Waals surface area contributed by atoms with E-state index in [1.54, 1.807) is 4.90 Å². The molecule has 1 aromatic carbocycles. The summed E-state index contributed by atoms with van der Waals surface area (Å²) in [7, 11) is 0. The highest BCUT2D eigenvalue weighted by Crippen LogP contribution is 2.30. The summed E-state index contributed by atoms with van der Waals surface area (Å²) in [6.07, 6.45) is -0.421. The van der Waals surface area contributed by atoms with E-state index in [0.717, 1.165) is 0 Å². The molecule has 1 heterocycles. The molecule has 1 saturated heterocycles. The molecule has 0 amide bonds. The van der Waals surface area contributed by atoms with Gasteiger partial charge in [0.2, 0.25) is 0 Å². The van der Waals surface area contributed by atoms with Crippen molar-refractivity contribution in [2.75, 3.05) is 24.6 Å². The van der Waals surface area contributed by atoms with Crippen LogP contribution >= 0.6 is 0 Å². The molecule has 112 valence electrons. The van der Waals surface area contributed by atoms with Gasteiger partial charge in [0.25, 0.3) is 0 Å².